The highest BCUT2D eigenvalue weighted by Crippen LogP contribution is 2.32. The van der Waals surface area contributed by atoms with Crippen LogP contribution in [0.4, 0.5) is 23.7 Å². The van der Waals surface area contributed by atoms with Crippen molar-refractivity contribution >= 4 is 17.6 Å². The van der Waals surface area contributed by atoms with Gasteiger partial charge in [-0.05, 0) is 49.7 Å². The first kappa shape index (κ1) is 21.2. The number of carbonyl (C=O) groups is 2. The lowest BCUT2D eigenvalue weighted by Gasteiger charge is -2.28. The molecule has 9 heteroatoms. The molecule has 0 bridgehead atoms. The zero-order valence-electron chi connectivity index (χ0n) is 16.3. The van der Waals surface area contributed by atoms with Crippen LogP contribution in [0, 0.1) is 0 Å². The van der Waals surface area contributed by atoms with E-state index in [0.29, 0.717) is 23.6 Å². The van der Waals surface area contributed by atoms with E-state index in [1.54, 1.807) is 31.2 Å². The maximum absolute atomic E-state index is 12.9. The fraction of sp³-hybridized carbons (Fsp3) is 0.238. The number of rotatable bonds is 5. The predicted molar refractivity (Wildman–Crippen MR) is 105 cm³/mol. The molecule has 2 aromatic rings. The lowest BCUT2D eigenvalue weighted by molar-refractivity contribution is -0.137. The predicted octanol–water partition coefficient (Wildman–Crippen LogP) is 4.37. The van der Waals surface area contributed by atoms with E-state index in [1.165, 1.54) is 12.1 Å². The molecule has 0 saturated carbocycles. The lowest BCUT2D eigenvalue weighted by atomic mass is 9.94. The number of urea groups is 1. The van der Waals surface area contributed by atoms with Crippen molar-refractivity contribution < 1.29 is 27.5 Å². The normalized spacial score (nSPS) is 16.6. The number of nitrogens with one attached hydrogen (secondary N) is 3. The van der Waals surface area contributed by atoms with Crippen molar-refractivity contribution in [3.05, 3.63) is 70.9 Å². The Morgan fingerprint density at radius 2 is 1.87 bits per heavy atom. The summed E-state index contributed by atoms with van der Waals surface area (Å²) in [6, 6.07) is 9.95. The number of ether oxygens (including phenoxy) is 1. The van der Waals surface area contributed by atoms with Crippen molar-refractivity contribution in [2.75, 3.05) is 11.9 Å². The average molecular weight is 419 g/mol. The van der Waals surface area contributed by atoms with Gasteiger partial charge < -0.3 is 20.7 Å². The molecule has 30 heavy (non-hydrogen) atoms. The van der Waals surface area contributed by atoms with Crippen LogP contribution in [0.2, 0.25) is 0 Å². The summed E-state index contributed by atoms with van der Waals surface area (Å²) in [6.45, 7) is 3.90. The first-order valence-electron chi connectivity index (χ1n) is 9.18. The van der Waals surface area contributed by atoms with Crippen LogP contribution >= 0.6 is 0 Å². The smallest absolute Gasteiger partial charge is 0.416 e. The quantitative estimate of drug-likeness (QED) is 0.673. The Morgan fingerprint density at radius 1 is 1.17 bits per heavy atom. The highest BCUT2D eigenvalue weighted by atomic mass is 19.4. The first-order chi connectivity index (χ1) is 14.2. The molecule has 1 atom stereocenters. The first-order valence-corrected chi connectivity index (χ1v) is 9.18. The number of allylic oxidation sites excluding steroid dienone is 1. The molecule has 0 fully saturated rings. The SMILES string of the molecule is CCOc1ccc([C@H]2NC(=O)NC(C)=C2C(=O)Nc2cccc(C(F)(F)F)c2)cc1. The molecular weight excluding hydrogens is 399 g/mol. The molecule has 3 amide bonds. The maximum Gasteiger partial charge on any atom is 0.416 e. The van der Waals surface area contributed by atoms with Gasteiger partial charge in [0, 0.05) is 11.4 Å². The van der Waals surface area contributed by atoms with Crippen LogP contribution in [-0.2, 0) is 11.0 Å². The molecule has 0 aromatic heterocycles. The summed E-state index contributed by atoms with van der Waals surface area (Å²) in [5, 5.41) is 7.69. The Morgan fingerprint density at radius 3 is 2.50 bits per heavy atom. The minimum Gasteiger partial charge on any atom is -0.494 e. The Balaban J connectivity index is 1.89. The van der Waals surface area contributed by atoms with E-state index in [2.05, 4.69) is 16.0 Å². The minimum atomic E-state index is -4.53. The third-order valence-corrected chi connectivity index (χ3v) is 4.49. The molecule has 1 aliphatic heterocycles. The lowest BCUT2D eigenvalue weighted by Crippen LogP contribution is -2.45. The number of alkyl halides is 3. The maximum atomic E-state index is 12.9. The monoisotopic (exact) mass is 419 g/mol. The van der Waals surface area contributed by atoms with Gasteiger partial charge in [-0.25, -0.2) is 4.79 Å². The molecule has 6 nitrogen and oxygen atoms in total. The van der Waals surface area contributed by atoms with E-state index in [9.17, 15) is 22.8 Å². The van der Waals surface area contributed by atoms with Crippen molar-refractivity contribution in [3.63, 3.8) is 0 Å². The molecule has 0 spiro atoms. The van der Waals surface area contributed by atoms with Gasteiger partial charge in [-0.15, -0.1) is 0 Å². The van der Waals surface area contributed by atoms with E-state index in [4.69, 9.17) is 4.74 Å². The minimum absolute atomic E-state index is 0.00234. The summed E-state index contributed by atoms with van der Waals surface area (Å²) in [6.07, 6.45) is -4.53. The number of carbonyl (C=O) groups excluding carboxylic acids is 2. The number of benzene rings is 2. The molecular formula is C21H20F3N3O3. The summed E-state index contributed by atoms with van der Waals surface area (Å²) >= 11 is 0. The Labute approximate surface area is 171 Å². The number of amides is 3. The molecule has 0 saturated heterocycles. The van der Waals surface area contributed by atoms with E-state index in [0.717, 1.165) is 12.1 Å². The van der Waals surface area contributed by atoms with Gasteiger partial charge in [0.2, 0.25) is 0 Å². The fourth-order valence-corrected chi connectivity index (χ4v) is 3.14. The van der Waals surface area contributed by atoms with Crippen LogP contribution < -0.4 is 20.7 Å². The van der Waals surface area contributed by atoms with Crippen LogP contribution in [-0.4, -0.2) is 18.5 Å². The third-order valence-electron chi connectivity index (χ3n) is 4.49. The number of hydrogen-bond acceptors (Lipinski definition) is 3. The largest absolute Gasteiger partial charge is 0.494 e. The van der Waals surface area contributed by atoms with E-state index in [1.807, 2.05) is 6.92 Å². The molecule has 2 aromatic carbocycles. The number of anilines is 1. The number of hydrogen-bond donors (Lipinski definition) is 3. The zero-order valence-corrected chi connectivity index (χ0v) is 16.3. The van der Waals surface area contributed by atoms with Crippen molar-refractivity contribution in [3.8, 4) is 5.75 Å². The molecule has 0 radical (unpaired) electrons. The Hall–Kier alpha value is -3.49. The summed E-state index contributed by atoms with van der Waals surface area (Å²) < 4.78 is 44.2. The molecule has 1 heterocycles. The van der Waals surface area contributed by atoms with Gasteiger partial charge in [0.1, 0.15) is 5.75 Å². The molecule has 0 unspecified atom stereocenters. The second-order valence-corrected chi connectivity index (χ2v) is 6.60. The summed E-state index contributed by atoms with van der Waals surface area (Å²) in [4.78, 5) is 24.9. The molecule has 3 rings (SSSR count). The summed E-state index contributed by atoms with van der Waals surface area (Å²) in [5.74, 6) is 0.00962. The fourth-order valence-electron chi connectivity index (χ4n) is 3.14. The average Bonchev–Trinajstić information content (AvgIpc) is 2.67. The number of halogens is 3. The van der Waals surface area contributed by atoms with Gasteiger partial charge in [0.15, 0.2) is 0 Å². The summed E-state index contributed by atoms with van der Waals surface area (Å²) in [7, 11) is 0. The van der Waals surface area contributed by atoms with Crippen LogP contribution in [0.15, 0.2) is 59.8 Å². The zero-order chi connectivity index (χ0) is 21.9. The van der Waals surface area contributed by atoms with Gasteiger partial charge in [-0.1, -0.05) is 18.2 Å². The second kappa shape index (κ2) is 8.48. The van der Waals surface area contributed by atoms with Gasteiger partial charge in [-0.2, -0.15) is 13.2 Å². The van der Waals surface area contributed by atoms with Crippen molar-refractivity contribution in [2.24, 2.45) is 0 Å². The van der Waals surface area contributed by atoms with Crippen LogP contribution in [0.1, 0.15) is 31.0 Å². The van der Waals surface area contributed by atoms with Gasteiger partial charge >= 0.3 is 12.2 Å². The Kier molecular flexibility index (Phi) is 6.00. The molecule has 1 aliphatic rings. The molecule has 3 N–H and O–H groups in total. The van der Waals surface area contributed by atoms with Crippen molar-refractivity contribution in [1.82, 2.24) is 10.6 Å². The van der Waals surface area contributed by atoms with Gasteiger partial charge in [-0.3, -0.25) is 4.79 Å². The van der Waals surface area contributed by atoms with E-state index in [-0.39, 0.29) is 11.3 Å². The molecule has 158 valence electrons. The molecule has 0 aliphatic carbocycles. The van der Waals surface area contributed by atoms with E-state index < -0.39 is 29.7 Å². The summed E-state index contributed by atoms with van der Waals surface area (Å²) in [5.41, 5.74) is 0.252. The van der Waals surface area contributed by atoms with Crippen LogP contribution in [0.3, 0.4) is 0 Å². The van der Waals surface area contributed by atoms with E-state index >= 15 is 0 Å². The van der Waals surface area contributed by atoms with Crippen LogP contribution in [0.25, 0.3) is 0 Å². The van der Waals surface area contributed by atoms with Gasteiger partial charge in [0.25, 0.3) is 5.91 Å². The topological polar surface area (TPSA) is 79.5 Å². The Bertz CT molecular complexity index is 985. The second-order valence-electron chi connectivity index (χ2n) is 6.60. The standard InChI is InChI=1S/C21H20F3N3O3/c1-3-30-16-9-7-13(8-10-16)18-17(12(2)25-20(29)27-18)19(28)26-15-6-4-5-14(11-15)21(22,23)24/h4-11,18H,3H2,1-2H3,(H,26,28)(H2,25,27,29)/t18-/m1/s1. The van der Waals surface area contributed by atoms with Crippen molar-refractivity contribution in [2.45, 2.75) is 26.1 Å². The van der Waals surface area contributed by atoms with Crippen LogP contribution in [0.5, 0.6) is 5.75 Å². The highest BCUT2D eigenvalue weighted by molar-refractivity contribution is 6.06. The highest BCUT2D eigenvalue weighted by Gasteiger charge is 2.33. The van der Waals surface area contributed by atoms with Crippen molar-refractivity contribution in [1.29, 1.82) is 0 Å². The van der Waals surface area contributed by atoms with Gasteiger partial charge in [0.05, 0.1) is 23.8 Å². The third kappa shape index (κ3) is 4.73.